The fourth-order valence-electron chi connectivity index (χ4n) is 1.79. The molecule has 0 aliphatic heterocycles. The third-order valence-corrected chi connectivity index (χ3v) is 3.44. The standard InChI is InChI=1S/C14H12BrN3O4/c1-17(13-11(15)7-16-8-12(13)18(20)21)14(19)22-9-10-5-3-2-4-6-10/h2-8H,9H2,1H3. The van der Waals surface area contributed by atoms with E-state index >= 15 is 0 Å². The third-order valence-electron chi connectivity index (χ3n) is 2.86. The molecular weight excluding hydrogens is 354 g/mol. The zero-order chi connectivity index (χ0) is 16.1. The van der Waals surface area contributed by atoms with E-state index in [1.54, 1.807) is 0 Å². The number of hydrogen-bond acceptors (Lipinski definition) is 5. The summed E-state index contributed by atoms with van der Waals surface area (Å²) in [5.74, 6) is 0. The number of rotatable bonds is 4. The molecule has 0 saturated carbocycles. The summed E-state index contributed by atoms with van der Waals surface area (Å²) in [6.07, 6.45) is 1.77. The zero-order valence-corrected chi connectivity index (χ0v) is 13.2. The average Bonchev–Trinajstić information content (AvgIpc) is 2.52. The molecule has 1 amide bonds. The predicted molar refractivity (Wildman–Crippen MR) is 83.6 cm³/mol. The number of amides is 1. The number of aromatic nitrogens is 1. The maximum atomic E-state index is 12.1. The van der Waals surface area contributed by atoms with Crippen molar-refractivity contribution < 1.29 is 14.5 Å². The molecule has 2 aromatic rings. The van der Waals surface area contributed by atoms with Gasteiger partial charge in [0.15, 0.2) is 0 Å². The quantitative estimate of drug-likeness (QED) is 0.611. The van der Waals surface area contributed by atoms with Gasteiger partial charge in [0.1, 0.15) is 18.5 Å². The largest absolute Gasteiger partial charge is 0.444 e. The van der Waals surface area contributed by atoms with E-state index in [-0.39, 0.29) is 18.0 Å². The molecule has 1 aromatic carbocycles. The summed E-state index contributed by atoms with van der Waals surface area (Å²) in [6, 6.07) is 9.15. The minimum Gasteiger partial charge on any atom is -0.444 e. The highest BCUT2D eigenvalue weighted by Gasteiger charge is 2.25. The van der Waals surface area contributed by atoms with E-state index in [0.29, 0.717) is 4.47 Å². The Morgan fingerprint density at radius 3 is 2.68 bits per heavy atom. The van der Waals surface area contributed by atoms with Gasteiger partial charge >= 0.3 is 11.8 Å². The number of halogens is 1. The Hall–Kier alpha value is -2.48. The highest BCUT2D eigenvalue weighted by atomic mass is 79.9. The first-order valence-electron chi connectivity index (χ1n) is 6.23. The Balaban J connectivity index is 2.16. The van der Waals surface area contributed by atoms with Crippen LogP contribution < -0.4 is 4.90 Å². The molecule has 0 spiro atoms. The van der Waals surface area contributed by atoms with Gasteiger partial charge in [-0.3, -0.25) is 20.0 Å². The summed E-state index contributed by atoms with van der Waals surface area (Å²) in [6.45, 7) is 0.0838. The number of nitrogens with zero attached hydrogens (tertiary/aromatic N) is 3. The predicted octanol–water partition coefficient (Wildman–Crippen LogP) is 3.53. The van der Waals surface area contributed by atoms with E-state index in [1.807, 2.05) is 30.3 Å². The van der Waals surface area contributed by atoms with Crippen LogP contribution in [0.15, 0.2) is 47.2 Å². The van der Waals surface area contributed by atoms with Crippen molar-refractivity contribution in [2.45, 2.75) is 6.61 Å². The Morgan fingerprint density at radius 1 is 1.36 bits per heavy atom. The van der Waals surface area contributed by atoms with Crippen molar-refractivity contribution in [3.8, 4) is 0 Å². The Labute approximate surface area is 134 Å². The van der Waals surface area contributed by atoms with Crippen molar-refractivity contribution in [2.75, 3.05) is 11.9 Å². The third kappa shape index (κ3) is 3.59. The number of carbonyl (C=O) groups is 1. The minimum absolute atomic E-state index is 0.0838. The smallest absolute Gasteiger partial charge is 0.414 e. The van der Waals surface area contributed by atoms with Gasteiger partial charge in [0.25, 0.3) is 0 Å². The molecule has 1 heterocycles. The Bertz CT molecular complexity index is 694. The molecule has 7 nitrogen and oxygen atoms in total. The summed E-state index contributed by atoms with van der Waals surface area (Å²) >= 11 is 3.16. The summed E-state index contributed by atoms with van der Waals surface area (Å²) in [7, 11) is 1.40. The highest BCUT2D eigenvalue weighted by Crippen LogP contribution is 2.34. The van der Waals surface area contributed by atoms with Crippen LogP contribution >= 0.6 is 15.9 Å². The fourth-order valence-corrected chi connectivity index (χ4v) is 2.38. The first-order valence-corrected chi connectivity index (χ1v) is 7.02. The van der Waals surface area contributed by atoms with E-state index < -0.39 is 11.0 Å². The number of hydrogen-bond donors (Lipinski definition) is 0. The lowest BCUT2D eigenvalue weighted by Gasteiger charge is -2.18. The molecular formula is C14H12BrN3O4. The first kappa shape index (κ1) is 15.9. The molecule has 0 bridgehead atoms. The van der Waals surface area contributed by atoms with Gasteiger partial charge in [0.05, 0.1) is 9.40 Å². The number of carbonyl (C=O) groups excluding carboxylic acids is 1. The number of pyridine rings is 1. The van der Waals surface area contributed by atoms with Crippen LogP contribution in [0.25, 0.3) is 0 Å². The molecule has 114 valence electrons. The summed E-state index contributed by atoms with van der Waals surface area (Å²) in [4.78, 5) is 27.3. The molecule has 1 aromatic heterocycles. The van der Waals surface area contributed by atoms with Crippen molar-refractivity contribution in [3.63, 3.8) is 0 Å². The van der Waals surface area contributed by atoms with Gasteiger partial charge in [-0.25, -0.2) is 4.79 Å². The Kier molecular flexibility index (Phi) is 5.05. The summed E-state index contributed by atoms with van der Waals surface area (Å²) in [5, 5.41) is 11.0. The second-order valence-corrected chi connectivity index (χ2v) is 5.20. The lowest BCUT2D eigenvalue weighted by molar-refractivity contribution is -0.384. The maximum absolute atomic E-state index is 12.1. The average molecular weight is 366 g/mol. The van der Waals surface area contributed by atoms with Crippen LogP contribution in [-0.2, 0) is 11.3 Å². The molecule has 0 N–H and O–H groups in total. The molecule has 0 radical (unpaired) electrons. The monoisotopic (exact) mass is 365 g/mol. The van der Waals surface area contributed by atoms with Gasteiger partial charge in [-0.05, 0) is 21.5 Å². The molecule has 2 rings (SSSR count). The molecule has 8 heteroatoms. The van der Waals surface area contributed by atoms with E-state index in [4.69, 9.17) is 4.74 Å². The molecule has 0 atom stereocenters. The van der Waals surface area contributed by atoms with Crippen LogP contribution in [-0.4, -0.2) is 23.0 Å². The highest BCUT2D eigenvalue weighted by molar-refractivity contribution is 9.10. The topological polar surface area (TPSA) is 85.6 Å². The van der Waals surface area contributed by atoms with Crippen molar-refractivity contribution in [1.29, 1.82) is 0 Å². The van der Waals surface area contributed by atoms with E-state index in [9.17, 15) is 14.9 Å². The lowest BCUT2D eigenvalue weighted by Crippen LogP contribution is -2.28. The number of benzene rings is 1. The molecule has 0 aliphatic carbocycles. The number of ether oxygens (including phenoxy) is 1. The van der Waals surface area contributed by atoms with Crippen molar-refractivity contribution in [2.24, 2.45) is 0 Å². The summed E-state index contributed by atoms with van der Waals surface area (Å²) in [5.41, 5.74) is 0.638. The van der Waals surface area contributed by atoms with Crippen LogP contribution in [0.5, 0.6) is 0 Å². The Morgan fingerprint density at radius 2 is 2.05 bits per heavy atom. The van der Waals surface area contributed by atoms with Gasteiger partial charge in [-0.1, -0.05) is 30.3 Å². The number of anilines is 1. The second-order valence-electron chi connectivity index (χ2n) is 4.35. The van der Waals surface area contributed by atoms with Crippen molar-refractivity contribution in [3.05, 3.63) is 62.9 Å². The zero-order valence-electron chi connectivity index (χ0n) is 11.6. The fraction of sp³-hybridized carbons (Fsp3) is 0.143. The SMILES string of the molecule is CN(C(=O)OCc1ccccc1)c1c(Br)cncc1[N+](=O)[O-]. The van der Waals surface area contributed by atoms with Gasteiger partial charge in [0, 0.05) is 13.2 Å². The molecule has 0 saturated heterocycles. The van der Waals surface area contributed by atoms with Crippen LogP contribution in [0, 0.1) is 10.1 Å². The molecule has 22 heavy (non-hydrogen) atoms. The van der Waals surface area contributed by atoms with Crippen molar-refractivity contribution >= 4 is 33.4 Å². The van der Waals surface area contributed by atoms with E-state index in [2.05, 4.69) is 20.9 Å². The van der Waals surface area contributed by atoms with Gasteiger partial charge < -0.3 is 4.74 Å². The van der Waals surface area contributed by atoms with Gasteiger partial charge in [0.2, 0.25) is 0 Å². The van der Waals surface area contributed by atoms with Gasteiger partial charge in [-0.15, -0.1) is 0 Å². The van der Waals surface area contributed by atoms with E-state index in [1.165, 1.54) is 13.2 Å². The first-order chi connectivity index (χ1) is 10.5. The van der Waals surface area contributed by atoms with E-state index in [0.717, 1.165) is 16.7 Å². The molecule has 0 fully saturated rings. The van der Waals surface area contributed by atoms with Crippen LogP contribution in [0.4, 0.5) is 16.2 Å². The van der Waals surface area contributed by atoms with Crippen molar-refractivity contribution in [1.82, 2.24) is 4.98 Å². The summed E-state index contributed by atoms with van der Waals surface area (Å²) < 4.78 is 5.49. The molecule has 0 aliphatic rings. The minimum atomic E-state index is -0.696. The lowest BCUT2D eigenvalue weighted by atomic mass is 10.2. The normalized spacial score (nSPS) is 10.1. The van der Waals surface area contributed by atoms with Crippen LogP contribution in [0.1, 0.15) is 5.56 Å². The number of nitro groups is 1. The maximum Gasteiger partial charge on any atom is 0.414 e. The molecule has 0 unspecified atom stereocenters. The van der Waals surface area contributed by atoms with Gasteiger partial charge in [-0.2, -0.15) is 0 Å². The second kappa shape index (κ2) is 6.99. The van der Waals surface area contributed by atoms with Crippen LogP contribution in [0.3, 0.4) is 0 Å². The van der Waals surface area contributed by atoms with Crippen LogP contribution in [0.2, 0.25) is 0 Å².